The van der Waals surface area contributed by atoms with Crippen molar-refractivity contribution in [3.05, 3.63) is 52.2 Å². The molecule has 1 aromatic carbocycles. The molecule has 27 heavy (non-hydrogen) atoms. The smallest absolute Gasteiger partial charge is 0.250 e. The predicted octanol–water partition coefficient (Wildman–Crippen LogP) is 4.59. The molecule has 1 saturated carbocycles. The van der Waals surface area contributed by atoms with Gasteiger partial charge in [0.1, 0.15) is 4.21 Å². The molecular formula is C18H18ClN3O3S2. The standard InChI is InChI=1S/C18H18ClN3O3S2/c19-15-7-5-12(6-8-15)10-20-27(23,24)16-9-14(11-26-16)17-21-18(25-22-17)13-3-1-2-4-13/h5-9,11,13,20H,1-4,10H2. The molecule has 0 atom stereocenters. The molecule has 0 aliphatic heterocycles. The van der Waals surface area contributed by atoms with Gasteiger partial charge < -0.3 is 4.52 Å². The lowest BCUT2D eigenvalue weighted by Gasteiger charge is -2.04. The van der Waals surface area contributed by atoms with Crippen LogP contribution in [-0.4, -0.2) is 18.6 Å². The summed E-state index contributed by atoms with van der Waals surface area (Å²) in [4.78, 5) is 4.46. The predicted molar refractivity (Wildman–Crippen MR) is 104 cm³/mol. The monoisotopic (exact) mass is 423 g/mol. The van der Waals surface area contributed by atoms with Gasteiger partial charge in [0.15, 0.2) is 0 Å². The van der Waals surface area contributed by atoms with Crippen molar-refractivity contribution in [1.29, 1.82) is 0 Å². The molecule has 0 amide bonds. The summed E-state index contributed by atoms with van der Waals surface area (Å²) >= 11 is 6.98. The van der Waals surface area contributed by atoms with Crippen LogP contribution in [0, 0.1) is 0 Å². The van der Waals surface area contributed by atoms with Gasteiger partial charge in [0, 0.05) is 28.4 Å². The van der Waals surface area contributed by atoms with Crippen molar-refractivity contribution < 1.29 is 12.9 Å². The lowest BCUT2D eigenvalue weighted by atomic mass is 10.1. The van der Waals surface area contributed by atoms with Gasteiger partial charge in [0.2, 0.25) is 21.7 Å². The Kier molecular flexibility index (Phi) is 5.32. The summed E-state index contributed by atoms with van der Waals surface area (Å²) in [6, 6.07) is 8.61. The maximum absolute atomic E-state index is 12.5. The Morgan fingerprint density at radius 3 is 2.70 bits per heavy atom. The number of hydrogen-bond acceptors (Lipinski definition) is 6. The number of hydrogen-bond donors (Lipinski definition) is 1. The summed E-state index contributed by atoms with van der Waals surface area (Å²) in [6.45, 7) is 0.195. The Morgan fingerprint density at radius 1 is 1.22 bits per heavy atom. The van der Waals surface area contributed by atoms with Crippen molar-refractivity contribution in [1.82, 2.24) is 14.9 Å². The minimum absolute atomic E-state index is 0.195. The van der Waals surface area contributed by atoms with Gasteiger partial charge in [-0.25, -0.2) is 13.1 Å². The van der Waals surface area contributed by atoms with E-state index in [0.29, 0.717) is 28.2 Å². The number of nitrogens with one attached hydrogen (secondary N) is 1. The second kappa shape index (κ2) is 7.71. The fourth-order valence-corrected chi connectivity index (χ4v) is 5.46. The summed E-state index contributed by atoms with van der Waals surface area (Å²) in [7, 11) is -3.62. The molecule has 6 nitrogen and oxygen atoms in total. The first-order valence-electron chi connectivity index (χ1n) is 8.68. The maximum atomic E-state index is 12.5. The quantitative estimate of drug-likeness (QED) is 0.626. The Morgan fingerprint density at radius 2 is 1.96 bits per heavy atom. The fourth-order valence-electron chi connectivity index (χ4n) is 3.12. The zero-order valence-corrected chi connectivity index (χ0v) is 16.8. The van der Waals surface area contributed by atoms with E-state index in [-0.39, 0.29) is 10.8 Å². The van der Waals surface area contributed by atoms with Gasteiger partial charge in [-0.1, -0.05) is 41.7 Å². The van der Waals surface area contributed by atoms with Gasteiger partial charge in [-0.3, -0.25) is 0 Å². The zero-order chi connectivity index (χ0) is 18.9. The maximum Gasteiger partial charge on any atom is 0.250 e. The van der Waals surface area contributed by atoms with E-state index in [9.17, 15) is 8.42 Å². The minimum Gasteiger partial charge on any atom is -0.339 e. The average molecular weight is 424 g/mol. The summed E-state index contributed by atoms with van der Waals surface area (Å²) in [5, 5.41) is 6.37. The SMILES string of the molecule is O=S(=O)(NCc1ccc(Cl)cc1)c1cc(-c2noc(C3CCCC3)n2)cs1. The van der Waals surface area contributed by atoms with Crippen LogP contribution < -0.4 is 4.72 Å². The third kappa shape index (κ3) is 4.24. The first-order chi connectivity index (χ1) is 13.0. The van der Waals surface area contributed by atoms with Crippen LogP contribution in [-0.2, 0) is 16.6 Å². The Labute approximate surface area is 166 Å². The molecule has 0 unspecified atom stereocenters. The second-order valence-corrected chi connectivity index (χ2v) is 9.88. The zero-order valence-electron chi connectivity index (χ0n) is 14.4. The molecular weight excluding hydrogens is 406 g/mol. The van der Waals surface area contributed by atoms with E-state index in [1.807, 2.05) is 0 Å². The topological polar surface area (TPSA) is 85.1 Å². The molecule has 0 radical (unpaired) electrons. The number of nitrogens with zero attached hydrogens (tertiary/aromatic N) is 2. The molecule has 9 heteroatoms. The van der Waals surface area contributed by atoms with E-state index < -0.39 is 10.0 Å². The first-order valence-corrected chi connectivity index (χ1v) is 11.4. The van der Waals surface area contributed by atoms with Crippen molar-refractivity contribution in [2.75, 3.05) is 0 Å². The number of rotatable bonds is 6. The average Bonchev–Trinajstić information content (AvgIpc) is 3.41. The van der Waals surface area contributed by atoms with Gasteiger partial charge in [-0.2, -0.15) is 4.98 Å². The highest BCUT2D eigenvalue weighted by molar-refractivity contribution is 7.91. The van der Waals surface area contributed by atoms with Gasteiger partial charge in [0.25, 0.3) is 0 Å². The second-order valence-electron chi connectivity index (χ2n) is 6.54. The molecule has 2 heterocycles. The lowest BCUT2D eigenvalue weighted by Crippen LogP contribution is -2.22. The van der Waals surface area contributed by atoms with Gasteiger partial charge in [-0.15, -0.1) is 11.3 Å². The molecule has 1 fully saturated rings. The molecule has 1 aliphatic carbocycles. The Hall–Kier alpha value is -1.74. The normalized spacial score (nSPS) is 15.4. The number of sulfonamides is 1. The van der Waals surface area contributed by atoms with Crippen LogP contribution in [0.3, 0.4) is 0 Å². The van der Waals surface area contributed by atoms with Crippen LogP contribution >= 0.6 is 22.9 Å². The number of benzene rings is 1. The van der Waals surface area contributed by atoms with Gasteiger partial charge in [-0.05, 0) is 36.6 Å². The van der Waals surface area contributed by atoms with E-state index in [1.54, 1.807) is 35.7 Å². The molecule has 2 aromatic heterocycles. The molecule has 4 rings (SSSR count). The highest BCUT2D eigenvalue weighted by Gasteiger charge is 2.24. The van der Waals surface area contributed by atoms with E-state index in [0.717, 1.165) is 29.7 Å². The fraction of sp³-hybridized carbons (Fsp3) is 0.333. The third-order valence-corrected chi connectivity index (χ3v) is 7.72. The minimum atomic E-state index is -3.62. The molecule has 1 N–H and O–H groups in total. The van der Waals surface area contributed by atoms with Crippen molar-refractivity contribution in [3.8, 4) is 11.4 Å². The van der Waals surface area contributed by atoms with Crippen molar-refractivity contribution in [3.63, 3.8) is 0 Å². The summed E-state index contributed by atoms with van der Waals surface area (Å²) in [6.07, 6.45) is 4.50. The summed E-state index contributed by atoms with van der Waals surface area (Å²) in [5.41, 5.74) is 1.49. The van der Waals surface area contributed by atoms with Crippen molar-refractivity contribution in [2.45, 2.75) is 42.4 Å². The van der Waals surface area contributed by atoms with E-state index in [1.165, 1.54) is 12.8 Å². The Balaban J connectivity index is 1.47. The number of aromatic nitrogens is 2. The van der Waals surface area contributed by atoms with Gasteiger partial charge in [0.05, 0.1) is 0 Å². The summed E-state index contributed by atoms with van der Waals surface area (Å²) < 4.78 is 33.3. The van der Waals surface area contributed by atoms with E-state index in [2.05, 4.69) is 14.9 Å². The van der Waals surface area contributed by atoms with Crippen LogP contribution in [0.15, 0.2) is 44.4 Å². The Bertz CT molecular complexity index is 1020. The van der Waals surface area contributed by atoms with Crippen molar-refractivity contribution in [2.24, 2.45) is 0 Å². The molecule has 0 bridgehead atoms. The number of halogens is 1. The molecule has 3 aromatic rings. The van der Waals surface area contributed by atoms with Crippen molar-refractivity contribution >= 4 is 33.0 Å². The molecule has 1 aliphatic rings. The summed E-state index contributed by atoms with van der Waals surface area (Å²) in [5.74, 6) is 1.42. The highest BCUT2D eigenvalue weighted by Crippen LogP contribution is 2.34. The molecule has 0 spiro atoms. The number of thiophene rings is 1. The van der Waals surface area contributed by atoms with Crippen LogP contribution in [0.1, 0.15) is 43.1 Å². The van der Waals surface area contributed by atoms with Crippen LogP contribution in [0.25, 0.3) is 11.4 Å². The highest BCUT2D eigenvalue weighted by atomic mass is 35.5. The van der Waals surface area contributed by atoms with Crippen LogP contribution in [0.4, 0.5) is 0 Å². The van der Waals surface area contributed by atoms with Crippen LogP contribution in [0.2, 0.25) is 5.02 Å². The van der Waals surface area contributed by atoms with E-state index >= 15 is 0 Å². The lowest BCUT2D eigenvalue weighted by molar-refractivity contribution is 0.354. The van der Waals surface area contributed by atoms with E-state index in [4.69, 9.17) is 16.1 Å². The largest absolute Gasteiger partial charge is 0.339 e. The third-order valence-electron chi connectivity index (χ3n) is 4.62. The van der Waals surface area contributed by atoms with Gasteiger partial charge >= 0.3 is 0 Å². The molecule has 142 valence electrons. The first kappa shape index (κ1) is 18.6. The molecule has 0 saturated heterocycles. The van der Waals surface area contributed by atoms with Crippen LogP contribution in [0.5, 0.6) is 0 Å².